The molecule has 0 aliphatic rings. The average Bonchev–Trinajstić information content (AvgIpc) is 3.04. The van der Waals surface area contributed by atoms with E-state index in [0.717, 1.165) is 5.69 Å². The van der Waals surface area contributed by atoms with E-state index in [4.69, 9.17) is 0 Å². The van der Waals surface area contributed by atoms with Gasteiger partial charge in [-0.3, -0.25) is 9.36 Å². The van der Waals surface area contributed by atoms with Crippen molar-refractivity contribution in [2.75, 3.05) is 11.1 Å². The monoisotopic (exact) mass is 345 g/mol. The van der Waals surface area contributed by atoms with E-state index in [-0.39, 0.29) is 23.3 Å². The van der Waals surface area contributed by atoms with E-state index in [1.165, 1.54) is 48.2 Å². The zero-order valence-electron chi connectivity index (χ0n) is 12.4. The lowest BCUT2D eigenvalue weighted by molar-refractivity contribution is -0.113. The lowest BCUT2D eigenvalue weighted by Crippen LogP contribution is -2.14. The smallest absolute Gasteiger partial charge is 0.234 e. The molecule has 0 saturated heterocycles. The minimum Gasteiger partial charge on any atom is -0.325 e. The van der Waals surface area contributed by atoms with Crippen molar-refractivity contribution in [2.45, 2.75) is 5.16 Å². The first-order chi connectivity index (χ1) is 11.6. The van der Waals surface area contributed by atoms with Gasteiger partial charge in [0.25, 0.3) is 0 Å². The largest absolute Gasteiger partial charge is 0.325 e. The van der Waals surface area contributed by atoms with E-state index in [1.807, 2.05) is 0 Å². The van der Waals surface area contributed by atoms with Gasteiger partial charge in [0.2, 0.25) is 5.91 Å². The number of halogens is 2. The molecule has 0 atom stereocenters. The Morgan fingerprint density at radius 3 is 2.33 bits per heavy atom. The van der Waals surface area contributed by atoms with Crippen molar-refractivity contribution in [3.8, 4) is 5.69 Å². The Hall–Kier alpha value is -2.67. The summed E-state index contributed by atoms with van der Waals surface area (Å²) in [4.78, 5) is 16.2. The third-order valence-electron chi connectivity index (χ3n) is 3.17. The number of anilines is 1. The fourth-order valence-electron chi connectivity index (χ4n) is 2.06. The number of nitrogens with zero attached hydrogens (tertiary/aromatic N) is 2. The summed E-state index contributed by atoms with van der Waals surface area (Å²) in [5.41, 5.74) is 1.29. The SMILES string of the molecule is O=C(CSc1nccn1-c1ccc(F)cc1)Nc1ccc(F)cc1. The lowest BCUT2D eigenvalue weighted by atomic mass is 10.3. The number of rotatable bonds is 5. The van der Waals surface area contributed by atoms with Crippen LogP contribution < -0.4 is 5.32 Å². The average molecular weight is 345 g/mol. The first-order valence-corrected chi connectivity index (χ1v) is 8.08. The maximum Gasteiger partial charge on any atom is 0.234 e. The van der Waals surface area contributed by atoms with Crippen LogP contribution in [0.2, 0.25) is 0 Å². The Kier molecular flexibility index (Phi) is 4.90. The van der Waals surface area contributed by atoms with Gasteiger partial charge in [0, 0.05) is 23.8 Å². The predicted octanol–water partition coefficient (Wildman–Crippen LogP) is 3.88. The zero-order valence-corrected chi connectivity index (χ0v) is 13.3. The molecule has 24 heavy (non-hydrogen) atoms. The summed E-state index contributed by atoms with van der Waals surface area (Å²) < 4.78 is 27.6. The molecule has 0 radical (unpaired) electrons. The molecule has 3 aromatic rings. The van der Waals surface area contributed by atoms with Gasteiger partial charge in [0.15, 0.2) is 5.16 Å². The van der Waals surface area contributed by atoms with E-state index >= 15 is 0 Å². The van der Waals surface area contributed by atoms with Gasteiger partial charge in [-0.05, 0) is 48.5 Å². The number of nitrogens with one attached hydrogen (secondary N) is 1. The number of benzene rings is 2. The van der Waals surface area contributed by atoms with Gasteiger partial charge in [-0.2, -0.15) is 0 Å². The summed E-state index contributed by atoms with van der Waals surface area (Å²) >= 11 is 1.26. The molecule has 0 spiro atoms. The van der Waals surface area contributed by atoms with Gasteiger partial charge in [0.05, 0.1) is 5.75 Å². The van der Waals surface area contributed by atoms with Crippen LogP contribution in [0.3, 0.4) is 0 Å². The molecule has 0 unspecified atom stereocenters. The maximum atomic E-state index is 13.0. The molecular weight excluding hydrogens is 332 g/mol. The summed E-state index contributed by atoms with van der Waals surface area (Å²) in [6.07, 6.45) is 3.36. The van der Waals surface area contributed by atoms with Crippen LogP contribution in [0.4, 0.5) is 14.5 Å². The Labute approximate surface area is 141 Å². The van der Waals surface area contributed by atoms with Gasteiger partial charge in [-0.25, -0.2) is 13.8 Å². The number of amides is 1. The van der Waals surface area contributed by atoms with Crippen LogP contribution in [0.15, 0.2) is 66.1 Å². The van der Waals surface area contributed by atoms with E-state index in [0.29, 0.717) is 10.8 Å². The molecule has 0 saturated carbocycles. The molecule has 3 rings (SSSR count). The molecular formula is C17H13F2N3OS. The fourth-order valence-corrected chi connectivity index (χ4v) is 2.83. The molecule has 1 aromatic heterocycles. The molecule has 0 aliphatic heterocycles. The molecule has 4 nitrogen and oxygen atoms in total. The third-order valence-corrected chi connectivity index (χ3v) is 4.14. The third kappa shape index (κ3) is 3.99. The quantitative estimate of drug-likeness (QED) is 0.714. The molecule has 122 valence electrons. The van der Waals surface area contributed by atoms with Gasteiger partial charge in [-0.1, -0.05) is 11.8 Å². The van der Waals surface area contributed by atoms with Crippen molar-refractivity contribution < 1.29 is 13.6 Å². The number of aromatic nitrogens is 2. The zero-order chi connectivity index (χ0) is 16.9. The molecule has 1 heterocycles. The lowest BCUT2D eigenvalue weighted by Gasteiger charge is -2.08. The van der Waals surface area contributed by atoms with Crippen molar-refractivity contribution in [3.63, 3.8) is 0 Å². The Morgan fingerprint density at radius 2 is 1.67 bits per heavy atom. The minimum atomic E-state index is -0.358. The van der Waals surface area contributed by atoms with Gasteiger partial charge in [-0.15, -0.1) is 0 Å². The van der Waals surface area contributed by atoms with Gasteiger partial charge < -0.3 is 5.32 Å². The molecule has 0 aliphatic carbocycles. The van der Waals surface area contributed by atoms with Crippen LogP contribution in [0, 0.1) is 11.6 Å². The molecule has 1 amide bonds. The molecule has 7 heteroatoms. The molecule has 2 aromatic carbocycles. The number of thioether (sulfide) groups is 1. The van der Waals surface area contributed by atoms with Crippen molar-refractivity contribution in [1.82, 2.24) is 9.55 Å². The standard InChI is InChI=1S/C17H13F2N3OS/c18-12-1-5-14(6-2-12)21-16(23)11-24-17-20-9-10-22(17)15-7-3-13(19)4-8-15/h1-10H,11H2,(H,21,23). The molecule has 1 N–H and O–H groups in total. The number of carbonyl (C=O) groups excluding carboxylic acids is 1. The van der Waals surface area contributed by atoms with Gasteiger partial charge >= 0.3 is 0 Å². The summed E-state index contributed by atoms with van der Waals surface area (Å²) in [7, 11) is 0. The molecule has 0 bridgehead atoms. The molecule has 0 fully saturated rings. The van der Waals surface area contributed by atoms with Crippen molar-refractivity contribution in [3.05, 3.63) is 72.6 Å². The summed E-state index contributed by atoms with van der Waals surface area (Å²) in [5.74, 6) is -0.744. The Bertz CT molecular complexity index is 832. The Balaban J connectivity index is 1.63. The van der Waals surface area contributed by atoms with Crippen molar-refractivity contribution >= 4 is 23.4 Å². The predicted molar refractivity (Wildman–Crippen MR) is 89.3 cm³/mol. The highest BCUT2D eigenvalue weighted by Gasteiger charge is 2.09. The van der Waals surface area contributed by atoms with Crippen LogP contribution >= 0.6 is 11.8 Å². The van der Waals surface area contributed by atoms with Gasteiger partial charge in [0.1, 0.15) is 11.6 Å². The first-order valence-electron chi connectivity index (χ1n) is 7.09. The minimum absolute atomic E-state index is 0.148. The van der Waals surface area contributed by atoms with Crippen LogP contribution in [-0.4, -0.2) is 21.2 Å². The van der Waals surface area contributed by atoms with E-state index < -0.39 is 0 Å². The summed E-state index contributed by atoms with van der Waals surface area (Å²) in [6, 6.07) is 11.6. The summed E-state index contributed by atoms with van der Waals surface area (Å²) in [5, 5.41) is 3.31. The second-order valence-corrected chi connectivity index (χ2v) is 5.84. The van der Waals surface area contributed by atoms with Crippen LogP contribution in [0.25, 0.3) is 5.69 Å². The highest BCUT2D eigenvalue weighted by Crippen LogP contribution is 2.21. The second-order valence-electron chi connectivity index (χ2n) is 4.90. The Morgan fingerprint density at radius 1 is 1.04 bits per heavy atom. The van der Waals surface area contributed by atoms with E-state index in [9.17, 15) is 13.6 Å². The highest BCUT2D eigenvalue weighted by atomic mass is 32.2. The van der Waals surface area contributed by atoms with E-state index in [2.05, 4.69) is 10.3 Å². The van der Waals surface area contributed by atoms with Crippen LogP contribution in [-0.2, 0) is 4.79 Å². The van der Waals surface area contributed by atoms with Crippen LogP contribution in [0.5, 0.6) is 0 Å². The second kappa shape index (κ2) is 7.27. The van der Waals surface area contributed by atoms with Crippen molar-refractivity contribution in [2.24, 2.45) is 0 Å². The summed E-state index contributed by atoms with van der Waals surface area (Å²) in [6.45, 7) is 0. The fraction of sp³-hybridized carbons (Fsp3) is 0.0588. The first kappa shape index (κ1) is 16.2. The normalized spacial score (nSPS) is 10.6. The maximum absolute atomic E-state index is 13.0. The van der Waals surface area contributed by atoms with Crippen LogP contribution in [0.1, 0.15) is 0 Å². The van der Waals surface area contributed by atoms with Crippen molar-refractivity contribution in [1.29, 1.82) is 0 Å². The number of imidazole rings is 1. The topological polar surface area (TPSA) is 46.9 Å². The number of hydrogen-bond acceptors (Lipinski definition) is 3. The van der Waals surface area contributed by atoms with E-state index in [1.54, 1.807) is 29.1 Å². The number of carbonyl (C=O) groups is 1. The highest BCUT2D eigenvalue weighted by molar-refractivity contribution is 7.99. The number of hydrogen-bond donors (Lipinski definition) is 1.